The van der Waals surface area contributed by atoms with E-state index in [9.17, 15) is 32.5 Å². The Morgan fingerprint density at radius 2 is 2.16 bits per heavy atom. The summed E-state index contributed by atoms with van der Waals surface area (Å²) in [5.74, 6) is -2.21. The Morgan fingerprint density at radius 1 is 1.53 bits per heavy atom. The molecular weight excluding hydrogens is 276 g/mol. The van der Waals surface area contributed by atoms with Gasteiger partial charge in [0.15, 0.2) is 13.2 Å². The van der Waals surface area contributed by atoms with Crippen molar-refractivity contribution in [1.29, 1.82) is 0 Å². The number of carbonyl (C=O) groups is 1. The van der Waals surface area contributed by atoms with Crippen molar-refractivity contribution in [3.8, 4) is 0 Å². The predicted molar refractivity (Wildman–Crippen MR) is 52.8 cm³/mol. The van der Waals surface area contributed by atoms with Crippen molar-refractivity contribution in [1.82, 2.24) is 14.9 Å². The van der Waals surface area contributed by atoms with Gasteiger partial charge in [0.25, 0.3) is 5.91 Å². The van der Waals surface area contributed by atoms with Gasteiger partial charge in [0.2, 0.25) is 5.82 Å². The summed E-state index contributed by atoms with van der Waals surface area (Å²) in [7, 11) is 0. The van der Waals surface area contributed by atoms with Gasteiger partial charge in [0, 0.05) is 0 Å². The van der Waals surface area contributed by atoms with Crippen LogP contribution in [-0.2, 0) is 18.0 Å². The first-order valence-electron chi connectivity index (χ1n) is 4.83. The monoisotopic (exact) mass is 284 g/mol. The fraction of sp³-hybridized carbons (Fsp3) is 0.500. The summed E-state index contributed by atoms with van der Waals surface area (Å²) < 4.78 is 48.6. The highest BCUT2D eigenvalue weighted by Gasteiger charge is 2.29. The lowest BCUT2D eigenvalue weighted by Gasteiger charge is -2.08. The molecular formula is C8H8F4N4O3. The first-order chi connectivity index (χ1) is 8.74. The molecule has 0 saturated heterocycles. The van der Waals surface area contributed by atoms with Crippen LogP contribution in [0.1, 0.15) is 5.82 Å². The van der Waals surface area contributed by atoms with Gasteiger partial charge in [-0.2, -0.15) is 17.7 Å². The molecule has 1 N–H and O–H groups in total. The van der Waals surface area contributed by atoms with Gasteiger partial charge in [0.1, 0.15) is 12.7 Å². The molecule has 0 unspecified atom stereocenters. The standard InChI is InChI=1S/C8H8F4N4O3/c9-1-5-13-2-7(16(18)19)15(5)3-6(17)14-4-8(10,11)12/h2H,1,3-4H2,(H,14,17). The number of nitrogens with one attached hydrogen (secondary N) is 1. The largest absolute Gasteiger partial charge is 0.405 e. The zero-order valence-corrected chi connectivity index (χ0v) is 9.28. The molecule has 0 aliphatic carbocycles. The Balaban J connectivity index is 2.78. The Hall–Kier alpha value is -2.20. The second-order valence-corrected chi connectivity index (χ2v) is 3.40. The van der Waals surface area contributed by atoms with E-state index in [1.54, 1.807) is 0 Å². The molecule has 0 aliphatic heterocycles. The molecule has 11 heteroatoms. The van der Waals surface area contributed by atoms with Crippen LogP contribution in [0.3, 0.4) is 0 Å². The third-order valence-electron chi connectivity index (χ3n) is 2.01. The van der Waals surface area contributed by atoms with Gasteiger partial charge in [0.05, 0.1) is 0 Å². The average molecular weight is 284 g/mol. The number of hydrogen-bond acceptors (Lipinski definition) is 4. The van der Waals surface area contributed by atoms with Crippen molar-refractivity contribution in [2.45, 2.75) is 19.4 Å². The molecule has 0 aromatic carbocycles. The number of aromatic nitrogens is 2. The van der Waals surface area contributed by atoms with Gasteiger partial charge in [-0.15, -0.1) is 0 Å². The van der Waals surface area contributed by atoms with E-state index in [0.29, 0.717) is 4.57 Å². The second-order valence-electron chi connectivity index (χ2n) is 3.40. The summed E-state index contributed by atoms with van der Waals surface area (Å²) >= 11 is 0. The van der Waals surface area contributed by atoms with Crippen LogP contribution >= 0.6 is 0 Å². The maximum absolute atomic E-state index is 12.5. The number of alkyl halides is 4. The number of amides is 1. The van der Waals surface area contributed by atoms with E-state index in [0.717, 1.165) is 6.20 Å². The third kappa shape index (κ3) is 4.19. The third-order valence-corrected chi connectivity index (χ3v) is 2.01. The number of hydrogen-bond donors (Lipinski definition) is 1. The molecule has 7 nitrogen and oxygen atoms in total. The Kier molecular flexibility index (Phi) is 4.40. The maximum Gasteiger partial charge on any atom is 0.405 e. The van der Waals surface area contributed by atoms with Gasteiger partial charge in [-0.25, -0.2) is 9.37 Å². The van der Waals surface area contributed by atoms with Crippen LogP contribution in [0.2, 0.25) is 0 Å². The van der Waals surface area contributed by atoms with E-state index >= 15 is 0 Å². The molecule has 0 radical (unpaired) electrons. The molecule has 0 atom stereocenters. The summed E-state index contributed by atoms with van der Waals surface area (Å²) in [5, 5.41) is 12.1. The van der Waals surface area contributed by atoms with Crippen LogP contribution < -0.4 is 5.32 Å². The van der Waals surface area contributed by atoms with Crippen molar-refractivity contribution in [3.63, 3.8) is 0 Å². The lowest BCUT2D eigenvalue weighted by molar-refractivity contribution is -0.392. The van der Waals surface area contributed by atoms with E-state index < -0.39 is 48.4 Å². The molecule has 1 amide bonds. The Labute approximate surface area is 103 Å². The number of nitrogens with zero attached hydrogens (tertiary/aromatic N) is 3. The first-order valence-corrected chi connectivity index (χ1v) is 4.83. The zero-order valence-electron chi connectivity index (χ0n) is 9.28. The first kappa shape index (κ1) is 14.9. The number of nitro groups is 1. The van der Waals surface area contributed by atoms with Crippen molar-refractivity contribution in [2.24, 2.45) is 0 Å². The SMILES string of the molecule is O=C(Cn1c([N+](=O)[O-])cnc1CF)NCC(F)(F)F. The average Bonchev–Trinajstić information content (AvgIpc) is 2.68. The van der Waals surface area contributed by atoms with Gasteiger partial charge in [-0.05, 0) is 4.92 Å². The second kappa shape index (κ2) is 5.63. The maximum atomic E-state index is 12.5. The summed E-state index contributed by atoms with van der Waals surface area (Å²) in [6, 6.07) is 0. The van der Waals surface area contributed by atoms with E-state index in [1.807, 2.05) is 0 Å². The van der Waals surface area contributed by atoms with Crippen LogP contribution in [0.15, 0.2) is 6.20 Å². The smallest absolute Gasteiger partial charge is 0.358 e. The minimum atomic E-state index is -4.60. The normalized spacial score (nSPS) is 11.4. The lowest BCUT2D eigenvalue weighted by atomic mass is 10.5. The summed E-state index contributed by atoms with van der Waals surface area (Å²) in [6.45, 7) is -3.56. The van der Waals surface area contributed by atoms with Gasteiger partial charge < -0.3 is 15.4 Å². The highest BCUT2D eigenvalue weighted by atomic mass is 19.4. The summed E-state index contributed by atoms with van der Waals surface area (Å²) in [5.41, 5.74) is 0. The predicted octanol–water partition coefficient (Wildman–Crippen LogP) is 0.939. The lowest BCUT2D eigenvalue weighted by Crippen LogP contribution is -2.36. The highest BCUT2D eigenvalue weighted by Crippen LogP contribution is 2.15. The molecule has 0 saturated carbocycles. The molecule has 0 spiro atoms. The highest BCUT2D eigenvalue weighted by molar-refractivity contribution is 5.76. The molecule has 0 aliphatic rings. The van der Waals surface area contributed by atoms with Gasteiger partial charge >= 0.3 is 12.0 Å². The minimum absolute atomic E-state index is 0.408. The Morgan fingerprint density at radius 3 is 2.63 bits per heavy atom. The van der Waals surface area contributed by atoms with Crippen LogP contribution in [0.25, 0.3) is 0 Å². The molecule has 106 valence electrons. The summed E-state index contributed by atoms with van der Waals surface area (Å²) in [4.78, 5) is 24.2. The van der Waals surface area contributed by atoms with Crippen LogP contribution in [0.4, 0.5) is 23.4 Å². The molecule has 19 heavy (non-hydrogen) atoms. The number of imidazole rings is 1. The number of halogens is 4. The molecule has 0 bridgehead atoms. The minimum Gasteiger partial charge on any atom is -0.358 e. The molecule has 1 heterocycles. The van der Waals surface area contributed by atoms with Crippen LogP contribution in [-0.4, -0.2) is 33.1 Å². The van der Waals surface area contributed by atoms with Crippen molar-refractivity contribution >= 4 is 11.7 Å². The molecule has 0 fully saturated rings. The zero-order chi connectivity index (χ0) is 14.6. The Bertz CT molecular complexity index is 485. The fourth-order valence-corrected chi connectivity index (χ4v) is 1.23. The van der Waals surface area contributed by atoms with E-state index in [2.05, 4.69) is 4.98 Å². The van der Waals surface area contributed by atoms with Crippen molar-refractivity contribution < 1.29 is 27.3 Å². The topological polar surface area (TPSA) is 90.1 Å². The van der Waals surface area contributed by atoms with E-state index in [-0.39, 0.29) is 0 Å². The van der Waals surface area contributed by atoms with Gasteiger partial charge in [-0.3, -0.25) is 4.79 Å². The summed E-state index contributed by atoms with van der Waals surface area (Å²) in [6.07, 6.45) is -3.87. The number of rotatable bonds is 5. The van der Waals surface area contributed by atoms with E-state index in [4.69, 9.17) is 0 Å². The molecule has 1 aromatic rings. The van der Waals surface area contributed by atoms with Gasteiger partial charge in [-0.1, -0.05) is 0 Å². The van der Waals surface area contributed by atoms with Crippen LogP contribution in [0.5, 0.6) is 0 Å². The van der Waals surface area contributed by atoms with E-state index in [1.165, 1.54) is 5.32 Å². The number of carbonyl (C=O) groups excluding carboxylic acids is 1. The fourth-order valence-electron chi connectivity index (χ4n) is 1.23. The molecule has 1 rings (SSSR count). The van der Waals surface area contributed by atoms with Crippen molar-refractivity contribution in [2.75, 3.05) is 6.54 Å². The van der Waals surface area contributed by atoms with Crippen molar-refractivity contribution in [3.05, 3.63) is 22.1 Å². The molecule has 1 aromatic heterocycles. The van der Waals surface area contributed by atoms with Crippen LogP contribution in [0, 0.1) is 10.1 Å². The quantitative estimate of drug-likeness (QED) is 0.495.